The van der Waals surface area contributed by atoms with Crippen molar-refractivity contribution in [3.05, 3.63) is 86.7 Å². The number of nitrogens with zero attached hydrogens (tertiary/aromatic N) is 3. The minimum Gasteiger partial charge on any atom is -0.300 e. The fourth-order valence-corrected chi connectivity index (χ4v) is 3.70. The van der Waals surface area contributed by atoms with Gasteiger partial charge in [-0.15, -0.1) is 11.3 Å². The van der Waals surface area contributed by atoms with Crippen molar-refractivity contribution in [3.8, 4) is 0 Å². The number of benzene rings is 2. The molecule has 2 aromatic heterocycles. The molecular formula is C19H13BrN4O2S. The minimum atomic E-state index is -0.911. The van der Waals surface area contributed by atoms with E-state index in [2.05, 4.69) is 31.3 Å². The van der Waals surface area contributed by atoms with Crippen LogP contribution in [0.1, 0.15) is 11.6 Å². The average Bonchev–Trinajstić information content (AvgIpc) is 3.18. The number of rotatable bonds is 4. The van der Waals surface area contributed by atoms with Crippen LogP contribution in [0.3, 0.4) is 0 Å². The summed E-state index contributed by atoms with van der Waals surface area (Å²) < 4.78 is 2.00. The fraction of sp³-hybridized carbons (Fsp3) is 0.0526. The number of anilines is 1. The van der Waals surface area contributed by atoms with E-state index in [1.165, 1.54) is 16.0 Å². The Kier molecular flexibility index (Phi) is 4.83. The molecule has 2 heterocycles. The number of halogens is 1. The number of aromatic nitrogens is 3. The lowest BCUT2D eigenvalue weighted by Crippen LogP contribution is -2.35. The number of amides is 1. The molecule has 1 atom stereocenters. The largest absolute Gasteiger partial charge is 0.300 e. The normalized spacial score (nSPS) is 12.0. The Balaban J connectivity index is 1.86. The van der Waals surface area contributed by atoms with E-state index in [0.29, 0.717) is 21.5 Å². The van der Waals surface area contributed by atoms with Gasteiger partial charge in [-0.1, -0.05) is 52.3 Å². The van der Waals surface area contributed by atoms with Gasteiger partial charge in [-0.05, 0) is 17.7 Å². The maximum atomic E-state index is 13.1. The third-order valence-corrected chi connectivity index (χ3v) is 5.23. The van der Waals surface area contributed by atoms with E-state index in [1.807, 2.05) is 30.3 Å². The first-order valence-electron chi connectivity index (χ1n) is 8.06. The molecule has 8 heteroatoms. The summed E-state index contributed by atoms with van der Waals surface area (Å²) in [6.45, 7) is 0. The van der Waals surface area contributed by atoms with Crippen LogP contribution < -0.4 is 10.9 Å². The number of carbonyl (C=O) groups excluding carboxylic acids is 1. The molecule has 0 saturated heterocycles. The monoisotopic (exact) mass is 440 g/mol. The van der Waals surface area contributed by atoms with E-state index < -0.39 is 6.04 Å². The van der Waals surface area contributed by atoms with Crippen LogP contribution in [0.25, 0.3) is 10.8 Å². The van der Waals surface area contributed by atoms with Crippen molar-refractivity contribution in [1.29, 1.82) is 0 Å². The van der Waals surface area contributed by atoms with E-state index in [1.54, 1.807) is 36.0 Å². The Bertz CT molecular complexity index is 1160. The first-order valence-corrected chi connectivity index (χ1v) is 9.73. The number of carbonyl (C=O) groups is 1. The smallest absolute Gasteiger partial charge is 0.275 e. The van der Waals surface area contributed by atoms with Crippen molar-refractivity contribution in [1.82, 2.24) is 14.8 Å². The summed E-state index contributed by atoms with van der Waals surface area (Å²) in [4.78, 5) is 30.2. The molecule has 4 rings (SSSR count). The summed E-state index contributed by atoms with van der Waals surface area (Å²) >= 11 is 4.70. The molecule has 1 unspecified atom stereocenters. The van der Waals surface area contributed by atoms with Crippen molar-refractivity contribution >= 4 is 49.1 Å². The molecule has 0 bridgehead atoms. The van der Waals surface area contributed by atoms with Crippen molar-refractivity contribution in [2.45, 2.75) is 6.04 Å². The zero-order valence-electron chi connectivity index (χ0n) is 13.9. The molecule has 0 spiro atoms. The molecule has 6 nitrogen and oxygen atoms in total. The van der Waals surface area contributed by atoms with Gasteiger partial charge in [-0.2, -0.15) is 5.10 Å². The molecule has 134 valence electrons. The van der Waals surface area contributed by atoms with Crippen molar-refractivity contribution in [2.75, 3.05) is 5.32 Å². The van der Waals surface area contributed by atoms with Gasteiger partial charge >= 0.3 is 0 Å². The Morgan fingerprint density at radius 1 is 1.19 bits per heavy atom. The summed E-state index contributed by atoms with van der Waals surface area (Å²) in [7, 11) is 0. The van der Waals surface area contributed by atoms with Gasteiger partial charge in [-0.25, -0.2) is 9.67 Å². The summed E-state index contributed by atoms with van der Waals surface area (Å²) in [6, 6.07) is 13.6. The SMILES string of the molecule is O=C(Nc1nccs1)C(c1ccccc1)n1ncc2ccc(Br)cc2c1=O. The molecular weight excluding hydrogens is 428 g/mol. The highest BCUT2D eigenvalue weighted by Gasteiger charge is 2.26. The molecule has 0 aliphatic rings. The lowest BCUT2D eigenvalue weighted by molar-refractivity contribution is -0.118. The Morgan fingerprint density at radius 2 is 2.00 bits per heavy atom. The van der Waals surface area contributed by atoms with E-state index in [4.69, 9.17) is 0 Å². The second-order valence-electron chi connectivity index (χ2n) is 5.77. The average molecular weight is 441 g/mol. The number of hydrogen-bond acceptors (Lipinski definition) is 5. The summed E-state index contributed by atoms with van der Waals surface area (Å²) in [6.07, 6.45) is 3.20. The maximum Gasteiger partial charge on any atom is 0.275 e. The van der Waals surface area contributed by atoms with Crippen LogP contribution in [0.4, 0.5) is 5.13 Å². The van der Waals surface area contributed by atoms with Crippen LogP contribution in [0.15, 0.2) is 75.6 Å². The molecule has 1 amide bonds. The molecule has 4 aromatic rings. The second-order valence-corrected chi connectivity index (χ2v) is 7.58. The predicted molar refractivity (Wildman–Crippen MR) is 109 cm³/mol. The van der Waals surface area contributed by atoms with Crippen molar-refractivity contribution in [2.24, 2.45) is 0 Å². The zero-order chi connectivity index (χ0) is 18.8. The lowest BCUT2D eigenvalue weighted by Gasteiger charge is -2.18. The van der Waals surface area contributed by atoms with Crippen LogP contribution in [0.5, 0.6) is 0 Å². The van der Waals surface area contributed by atoms with Gasteiger partial charge in [0.15, 0.2) is 11.2 Å². The van der Waals surface area contributed by atoms with Gasteiger partial charge in [-0.3, -0.25) is 14.9 Å². The first kappa shape index (κ1) is 17.6. The summed E-state index contributed by atoms with van der Waals surface area (Å²) in [5.41, 5.74) is 0.326. The molecule has 0 aliphatic heterocycles. The third-order valence-electron chi connectivity index (χ3n) is 4.05. The number of hydrogen-bond donors (Lipinski definition) is 1. The van der Waals surface area contributed by atoms with Crippen molar-refractivity contribution < 1.29 is 4.79 Å². The molecule has 0 fully saturated rings. The Morgan fingerprint density at radius 3 is 2.74 bits per heavy atom. The van der Waals surface area contributed by atoms with Crippen LogP contribution in [0.2, 0.25) is 0 Å². The van der Waals surface area contributed by atoms with E-state index in [-0.39, 0.29) is 11.5 Å². The number of thiazole rings is 1. The van der Waals surface area contributed by atoms with Gasteiger partial charge in [0.2, 0.25) is 0 Å². The van der Waals surface area contributed by atoms with Gasteiger partial charge in [0.25, 0.3) is 11.5 Å². The van der Waals surface area contributed by atoms with Crippen LogP contribution >= 0.6 is 27.3 Å². The van der Waals surface area contributed by atoms with E-state index in [9.17, 15) is 9.59 Å². The lowest BCUT2D eigenvalue weighted by atomic mass is 10.1. The molecule has 0 aliphatic carbocycles. The minimum absolute atomic E-state index is 0.336. The number of fused-ring (bicyclic) bond motifs is 1. The summed E-state index contributed by atoms with van der Waals surface area (Å²) in [5, 5.41) is 10.5. The van der Waals surface area contributed by atoms with Gasteiger partial charge < -0.3 is 0 Å². The number of nitrogens with one attached hydrogen (secondary N) is 1. The highest BCUT2D eigenvalue weighted by atomic mass is 79.9. The highest BCUT2D eigenvalue weighted by molar-refractivity contribution is 9.10. The van der Waals surface area contributed by atoms with Crippen molar-refractivity contribution in [3.63, 3.8) is 0 Å². The zero-order valence-corrected chi connectivity index (χ0v) is 16.3. The molecule has 0 saturated carbocycles. The predicted octanol–water partition coefficient (Wildman–Crippen LogP) is 3.84. The standard InChI is InChI=1S/C19H13BrN4O2S/c20-14-7-6-13-11-22-24(18(26)15(13)10-14)16(12-4-2-1-3-5-12)17(25)23-19-21-8-9-27-19/h1-11,16H,(H,21,23,25). The fourth-order valence-electron chi connectivity index (χ4n) is 2.81. The first-order chi connectivity index (χ1) is 13.1. The van der Waals surface area contributed by atoms with Gasteiger partial charge in [0, 0.05) is 21.4 Å². The van der Waals surface area contributed by atoms with E-state index >= 15 is 0 Å². The summed E-state index contributed by atoms with van der Waals surface area (Å²) in [5.74, 6) is -0.375. The Labute approximate surface area is 166 Å². The molecule has 2 aromatic carbocycles. The Hall–Kier alpha value is -2.84. The maximum absolute atomic E-state index is 13.1. The van der Waals surface area contributed by atoms with Gasteiger partial charge in [0.05, 0.1) is 11.6 Å². The topological polar surface area (TPSA) is 76.9 Å². The molecule has 1 N–H and O–H groups in total. The third kappa shape index (κ3) is 3.54. The van der Waals surface area contributed by atoms with E-state index in [0.717, 1.165) is 4.47 Å². The van der Waals surface area contributed by atoms with Crippen LogP contribution in [-0.4, -0.2) is 20.7 Å². The molecule has 0 radical (unpaired) electrons. The quantitative estimate of drug-likeness (QED) is 0.522. The molecule has 27 heavy (non-hydrogen) atoms. The second kappa shape index (κ2) is 7.42. The van der Waals surface area contributed by atoms with Crippen LogP contribution in [-0.2, 0) is 4.79 Å². The van der Waals surface area contributed by atoms with Gasteiger partial charge in [0.1, 0.15) is 0 Å². The van der Waals surface area contributed by atoms with Crippen LogP contribution in [0, 0.1) is 0 Å². The highest BCUT2D eigenvalue weighted by Crippen LogP contribution is 2.22.